The number of hydrogen-bond donors (Lipinski definition) is 1. The minimum atomic E-state index is -0.210. The molecule has 0 aliphatic rings. The third kappa shape index (κ3) is 3.46. The second-order valence-corrected chi connectivity index (χ2v) is 7.28. The second kappa shape index (κ2) is 7.53. The van der Waals surface area contributed by atoms with Crippen molar-refractivity contribution in [3.8, 4) is 16.9 Å². The van der Waals surface area contributed by atoms with Crippen molar-refractivity contribution in [2.75, 3.05) is 5.32 Å². The van der Waals surface area contributed by atoms with E-state index in [-0.39, 0.29) is 5.91 Å². The third-order valence-corrected chi connectivity index (χ3v) is 5.16. The summed E-state index contributed by atoms with van der Waals surface area (Å²) in [6, 6.07) is 21.1. The van der Waals surface area contributed by atoms with E-state index in [4.69, 9.17) is 4.98 Å². The van der Waals surface area contributed by atoms with E-state index in [9.17, 15) is 4.79 Å². The molecule has 31 heavy (non-hydrogen) atoms. The number of amides is 1. The van der Waals surface area contributed by atoms with Crippen LogP contribution in [0.4, 0.5) is 5.69 Å². The molecular formula is C24H20N6O. The van der Waals surface area contributed by atoms with Gasteiger partial charge < -0.3 is 5.32 Å². The van der Waals surface area contributed by atoms with Crippen molar-refractivity contribution in [1.29, 1.82) is 0 Å². The Hall–Kier alpha value is -4.26. The second-order valence-electron chi connectivity index (χ2n) is 7.28. The topological polar surface area (TPSA) is 77.6 Å². The molecule has 0 fully saturated rings. The summed E-state index contributed by atoms with van der Waals surface area (Å²) in [5.41, 5.74) is 5.20. The maximum atomic E-state index is 13.4. The molecule has 3 aromatic heterocycles. The molecule has 2 aromatic carbocycles. The fourth-order valence-electron chi connectivity index (χ4n) is 3.73. The smallest absolute Gasteiger partial charge is 0.256 e. The van der Waals surface area contributed by atoms with E-state index in [1.165, 1.54) is 0 Å². The molecular weight excluding hydrogens is 388 g/mol. The first kappa shape index (κ1) is 18.7. The Morgan fingerprint density at radius 2 is 1.84 bits per heavy atom. The molecule has 0 spiro atoms. The maximum Gasteiger partial charge on any atom is 0.256 e. The highest BCUT2D eigenvalue weighted by atomic mass is 16.1. The Kier molecular flexibility index (Phi) is 4.55. The summed E-state index contributed by atoms with van der Waals surface area (Å²) in [6.45, 7) is 1.89. The summed E-state index contributed by atoms with van der Waals surface area (Å²) >= 11 is 0. The van der Waals surface area contributed by atoms with Crippen molar-refractivity contribution in [2.45, 2.75) is 6.92 Å². The van der Waals surface area contributed by atoms with Crippen LogP contribution in [0.1, 0.15) is 16.1 Å². The molecule has 0 unspecified atom stereocenters. The first-order valence-electron chi connectivity index (χ1n) is 9.91. The van der Waals surface area contributed by atoms with Crippen LogP contribution in [0.5, 0.6) is 0 Å². The van der Waals surface area contributed by atoms with E-state index in [0.717, 1.165) is 28.0 Å². The van der Waals surface area contributed by atoms with Gasteiger partial charge in [0.25, 0.3) is 5.91 Å². The molecule has 5 aromatic rings. The summed E-state index contributed by atoms with van der Waals surface area (Å²) < 4.78 is 3.46. The molecule has 0 radical (unpaired) electrons. The predicted molar refractivity (Wildman–Crippen MR) is 120 cm³/mol. The Balaban J connectivity index is 1.58. The zero-order valence-corrected chi connectivity index (χ0v) is 17.1. The largest absolute Gasteiger partial charge is 0.322 e. The fraction of sp³-hybridized carbons (Fsp3) is 0.0833. The Bertz CT molecular complexity index is 1390. The zero-order chi connectivity index (χ0) is 21.4. The molecule has 0 saturated heterocycles. The molecule has 0 aliphatic heterocycles. The Morgan fingerprint density at radius 1 is 1.00 bits per heavy atom. The fourth-order valence-corrected chi connectivity index (χ4v) is 3.73. The van der Waals surface area contributed by atoms with Crippen LogP contribution in [-0.4, -0.2) is 30.5 Å². The molecule has 7 nitrogen and oxygen atoms in total. The first-order chi connectivity index (χ1) is 15.1. The summed E-state index contributed by atoms with van der Waals surface area (Å²) in [4.78, 5) is 18.1. The van der Waals surface area contributed by atoms with Crippen LogP contribution >= 0.6 is 0 Å². The number of carbonyl (C=O) groups is 1. The van der Waals surface area contributed by atoms with Crippen molar-refractivity contribution in [3.63, 3.8) is 0 Å². The minimum Gasteiger partial charge on any atom is -0.322 e. The van der Waals surface area contributed by atoms with Gasteiger partial charge in [-0.15, -0.1) is 0 Å². The number of carbonyl (C=O) groups excluding carboxylic acids is 1. The maximum absolute atomic E-state index is 13.4. The van der Waals surface area contributed by atoms with E-state index in [2.05, 4.69) is 15.5 Å². The lowest BCUT2D eigenvalue weighted by atomic mass is 10.0. The highest BCUT2D eigenvalue weighted by Gasteiger charge is 2.19. The molecule has 1 N–H and O–H groups in total. The van der Waals surface area contributed by atoms with Gasteiger partial charge in [-0.2, -0.15) is 10.2 Å². The van der Waals surface area contributed by atoms with Gasteiger partial charge in [-0.05, 0) is 37.3 Å². The number of fused-ring (bicyclic) bond motifs is 1. The number of nitrogens with zero attached hydrogens (tertiary/aromatic N) is 5. The molecule has 0 saturated carbocycles. The lowest BCUT2D eigenvalue weighted by Gasteiger charge is -2.10. The van der Waals surface area contributed by atoms with Gasteiger partial charge in [0.05, 0.1) is 28.0 Å². The van der Waals surface area contributed by atoms with Gasteiger partial charge in [0.1, 0.15) is 0 Å². The quantitative estimate of drug-likeness (QED) is 0.479. The Labute approximate surface area is 179 Å². The van der Waals surface area contributed by atoms with Gasteiger partial charge in [0.2, 0.25) is 0 Å². The summed E-state index contributed by atoms with van der Waals surface area (Å²) in [5.74, 6) is -0.210. The molecule has 5 rings (SSSR count). The number of aromatic nitrogens is 5. The van der Waals surface area contributed by atoms with Crippen LogP contribution in [0.3, 0.4) is 0 Å². The lowest BCUT2D eigenvalue weighted by Crippen LogP contribution is -2.13. The minimum absolute atomic E-state index is 0.210. The average molecular weight is 408 g/mol. The van der Waals surface area contributed by atoms with Gasteiger partial charge in [0.15, 0.2) is 5.65 Å². The van der Waals surface area contributed by atoms with Gasteiger partial charge in [-0.1, -0.05) is 36.4 Å². The van der Waals surface area contributed by atoms with Crippen LogP contribution in [-0.2, 0) is 7.05 Å². The average Bonchev–Trinajstić information content (AvgIpc) is 3.43. The van der Waals surface area contributed by atoms with E-state index in [1.54, 1.807) is 15.6 Å². The highest BCUT2D eigenvalue weighted by molar-refractivity contribution is 6.13. The third-order valence-electron chi connectivity index (χ3n) is 5.16. The molecule has 0 bridgehead atoms. The molecule has 7 heteroatoms. The summed E-state index contributed by atoms with van der Waals surface area (Å²) in [7, 11) is 1.84. The van der Waals surface area contributed by atoms with Crippen LogP contribution in [0.2, 0.25) is 0 Å². The summed E-state index contributed by atoms with van der Waals surface area (Å²) in [5, 5.41) is 12.5. The van der Waals surface area contributed by atoms with Crippen LogP contribution in [0.25, 0.3) is 28.0 Å². The summed E-state index contributed by atoms with van der Waals surface area (Å²) in [6.07, 6.45) is 3.58. The van der Waals surface area contributed by atoms with Gasteiger partial charge in [0, 0.05) is 30.7 Å². The number of rotatable bonds is 4. The molecule has 3 heterocycles. The predicted octanol–water partition coefficient (Wildman–Crippen LogP) is 4.38. The highest BCUT2D eigenvalue weighted by Crippen LogP contribution is 2.27. The van der Waals surface area contributed by atoms with Gasteiger partial charge in [-0.3, -0.25) is 9.48 Å². The molecule has 0 atom stereocenters. The molecule has 152 valence electrons. The van der Waals surface area contributed by atoms with E-state index < -0.39 is 0 Å². The normalized spacial score (nSPS) is 11.0. The van der Waals surface area contributed by atoms with Crippen molar-refractivity contribution in [1.82, 2.24) is 24.5 Å². The standard InChI is InChI=1S/C24H20N6O/c1-16-22-20(15-21(17-8-4-3-5-9-17)27-23(22)29(2)28-16)24(31)26-18-10-6-11-19(14-18)30-13-7-12-25-30/h3-15H,1-2H3,(H,26,31). The monoisotopic (exact) mass is 408 g/mol. The lowest BCUT2D eigenvalue weighted by molar-refractivity contribution is 0.102. The van der Waals surface area contributed by atoms with Crippen LogP contribution in [0, 0.1) is 6.92 Å². The zero-order valence-electron chi connectivity index (χ0n) is 17.1. The van der Waals surface area contributed by atoms with Crippen molar-refractivity contribution in [2.24, 2.45) is 7.05 Å². The van der Waals surface area contributed by atoms with Gasteiger partial charge in [-0.25, -0.2) is 9.67 Å². The number of benzene rings is 2. The number of anilines is 1. The number of pyridine rings is 1. The van der Waals surface area contributed by atoms with E-state index in [1.807, 2.05) is 86.9 Å². The number of hydrogen-bond acceptors (Lipinski definition) is 4. The van der Waals surface area contributed by atoms with Crippen molar-refractivity contribution < 1.29 is 4.79 Å². The first-order valence-corrected chi connectivity index (χ1v) is 9.91. The SMILES string of the molecule is Cc1nn(C)c2nc(-c3ccccc3)cc(C(=O)Nc3cccc(-n4cccn4)c3)c12. The molecule has 0 aliphatic carbocycles. The molecule has 1 amide bonds. The van der Waals surface area contributed by atoms with Crippen molar-refractivity contribution in [3.05, 3.63) is 90.4 Å². The van der Waals surface area contributed by atoms with Crippen LogP contribution < -0.4 is 5.32 Å². The van der Waals surface area contributed by atoms with Crippen LogP contribution in [0.15, 0.2) is 79.1 Å². The number of aryl methyl sites for hydroxylation is 2. The van der Waals surface area contributed by atoms with E-state index >= 15 is 0 Å². The van der Waals surface area contributed by atoms with E-state index in [0.29, 0.717) is 16.9 Å². The number of nitrogens with one attached hydrogen (secondary N) is 1. The van der Waals surface area contributed by atoms with Crippen molar-refractivity contribution >= 4 is 22.6 Å². The Morgan fingerprint density at radius 3 is 2.61 bits per heavy atom. The van der Waals surface area contributed by atoms with Gasteiger partial charge >= 0.3 is 0 Å².